The molecule has 1 rings (SSSR count). The molecule has 0 spiro atoms. The van der Waals surface area contributed by atoms with E-state index in [0.717, 1.165) is 39.3 Å². The van der Waals surface area contributed by atoms with Gasteiger partial charge in [-0.1, -0.05) is 0 Å². The maximum Gasteiger partial charge on any atom is 0.185 e. The van der Waals surface area contributed by atoms with Crippen molar-refractivity contribution in [3.05, 3.63) is 0 Å². The first-order valence-corrected chi connectivity index (χ1v) is 6.10. The zero-order chi connectivity index (χ0) is 12.9. The lowest BCUT2D eigenvalue weighted by atomic mass is 10.3. The summed E-state index contributed by atoms with van der Waals surface area (Å²) in [6, 6.07) is 0. The second-order valence-corrected chi connectivity index (χ2v) is 5.34. The van der Waals surface area contributed by atoms with Gasteiger partial charge in [0.1, 0.15) is 5.97 Å². The van der Waals surface area contributed by atoms with Gasteiger partial charge in [-0.15, -0.1) is 0 Å². The molecule has 17 heavy (non-hydrogen) atoms. The summed E-state index contributed by atoms with van der Waals surface area (Å²) in [4.78, 5) is 13.3. The molecule has 1 fully saturated rings. The summed E-state index contributed by atoms with van der Waals surface area (Å²) in [5.41, 5.74) is 0. The lowest BCUT2D eigenvalue weighted by Gasteiger charge is -2.41. The maximum absolute atomic E-state index is 11.3. The molecule has 0 aromatic rings. The van der Waals surface area contributed by atoms with Crippen LogP contribution >= 0.6 is 0 Å². The van der Waals surface area contributed by atoms with E-state index >= 15 is 0 Å². The van der Waals surface area contributed by atoms with Crippen LogP contribution in [0, 0.1) is 0 Å². The number of carbonyl (C=O) groups excluding carboxylic acids is 1. The highest BCUT2D eigenvalue weighted by molar-refractivity contribution is 5.69. The van der Waals surface area contributed by atoms with Gasteiger partial charge in [0.25, 0.3) is 0 Å². The van der Waals surface area contributed by atoms with E-state index in [1.165, 1.54) is 0 Å². The summed E-state index contributed by atoms with van der Waals surface area (Å²) in [6.07, 6.45) is -0.600. The molecule has 0 amide bonds. The van der Waals surface area contributed by atoms with Crippen LogP contribution in [0.2, 0.25) is 0 Å². The minimum absolute atomic E-state index is 0.350. The Kier molecular flexibility index (Phi) is 5.32. The Morgan fingerprint density at radius 1 is 1.12 bits per heavy atom. The third-order valence-electron chi connectivity index (χ3n) is 2.92. The SMILES string of the molecule is C[N+](C)(C)C(C(=O)[O-])N1CCNCCNCC1. The van der Waals surface area contributed by atoms with E-state index in [0.29, 0.717) is 4.48 Å². The van der Waals surface area contributed by atoms with Crippen molar-refractivity contribution in [1.29, 1.82) is 0 Å². The number of rotatable bonds is 3. The zero-order valence-electron chi connectivity index (χ0n) is 11.0. The van der Waals surface area contributed by atoms with Crippen LogP contribution in [0.1, 0.15) is 0 Å². The van der Waals surface area contributed by atoms with E-state index in [-0.39, 0.29) is 0 Å². The minimum atomic E-state index is -1.00. The summed E-state index contributed by atoms with van der Waals surface area (Å²) < 4.78 is 0.350. The molecule has 6 nitrogen and oxygen atoms in total. The van der Waals surface area contributed by atoms with Gasteiger partial charge in [0.15, 0.2) is 6.17 Å². The van der Waals surface area contributed by atoms with Crippen LogP contribution in [0.25, 0.3) is 0 Å². The van der Waals surface area contributed by atoms with Gasteiger partial charge in [0.05, 0.1) is 21.1 Å². The highest BCUT2D eigenvalue weighted by Crippen LogP contribution is 2.08. The number of carboxylic acid groups (broad SMARTS) is 1. The van der Waals surface area contributed by atoms with E-state index in [1.54, 1.807) is 0 Å². The first-order valence-electron chi connectivity index (χ1n) is 6.10. The predicted octanol–water partition coefficient (Wildman–Crippen LogP) is -2.74. The molecule has 1 unspecified atom stereocenters. The third-order valence-corrected chi connectivity index (χ3v) is 2.92. The third kappa shape index (κ3) is 4.59. The molecule has 1 heterocycles. The molecule has 6 heteroatoms. The van der Waals surface area contributed by atoms with Crippen LogP contribution < -0.4 is 15.7 Å². The molecule has 0 radical (unpaired) electrons. The molecule has 100 valence electrons. The normalized spacial score (nSPS) is 22.3. The topological polar surface area (TPSA) is 67.4 Å². The van der Waals surface area contributed by atoms with E-state index in [4.69, 9.17) is 0 Å². The van der Waals surface area contributed by atoms with E-state index in [2.05, 4.69) is 10.6 Å². The molecule has 0 aromatic heterocycles. The number of nitrogens with one attached hydrogen (secondary N) is 2. The molecular weight excluding hydrogens is 220 g/mol. The highest BCUT2D eigenvalue weighted by atomic mass is 16.4. The van der Waals surface area contributed by atoms with Gasteiger partial charge in [-0.05, 0) is 0 Å². The number of carbonyl (C=O) groups is 1. The fourth-order valence-electron chi connectivity index (χ4n) is 2.18. The highest BCUT2D eigenvalue weighted by Gasteiger charge is 2.31. The largest absolute Gasteiger partial charge is 0.543 e. The molecule has 0 aliphatic carbocycles. The van der Waals surface area contributed by atoms with Gasteiger partial charge >= 0.3 is 0 Å². The predicted molar refractivity (Wildman–Crippen MR) is 64.1 cm³/mol. The molecule has 1 atom stereocenters. The fourth-order valence-corrected chi connectivity index (χ4v) is 2.18. The van der Waals surface area contributed by atoms with E-state index in [9.17, 15) is 9.90 Å². The van der Waals surface area contributed by atoms with Crippen LogP contribution in [0.4, 0.5) is 0 Å². The molecular formula is C11H24N4O2. The van der Waals surface area contributed by atoms with Crippen molar-refractivity contribution < 1.29 is 14.4 Å². The summed E-state index contributed by atoms with van der Waals surface area (Å²) >= 11 is 0. The fraction of sp³-hybridized carbons (Fsp3) is 0.909. The van der Waals surface area contributed by atoms with Crippen molar-refractivity contribution >= 4 is 5.97 Å². The van der Waals surface area contributed by atoms with Gasteiger partial charge in [0.2, 0.25) is 0 Å². The monoisotopic (exact) mass is 244 g/mol. The van der Waals surface area contributed by atoms with Crippen LogP contribution in [0.5, 0.6) is 0 Å². The van der Waals surface area contributed by atoms with Crippen LogP contribution in [0.3, 0.4) is 0 Å². The Hall–Kier alpha value is -0.690. The summed E-state index contributed by atoms with van der Waals surface area (Å²) in [6.45, 7) is 4.94. The van der Waals surface area contributed by atoms with Crippen LogP contribution in [-0.4, -0.2) is 81.9 Å². The van der Waals surface area contributed by atoms with Crippen molar-refractivity contribution in [3.63, 3.8) is 0 Å². The van der Waals surface area contributed by atoms with Crippen LogP contribution in [-0.2, 0) is 4.79 Å². The molecule has 0 aromatic carbocycles. The van der Waals surface area contributed by atoms with Crippen molar-refractivity contribution in [2.75, 3.05) is 60.4 Å². The summed E-state index contributed by atoms with van der Waals surface area (Å²) in [5, 5.41) is 17.9. The Balaban J connectivity index is 2.72. The number of hydrogen-bond donors (Lipinski definition) is 2. The van der Waals surface area contributed by atoms with Gasteiger partial charge in [-0.3, -0.25) is 0 Å². The number of carboxylic acids is 1. The average molecular weight is 244 g/mol. The van der Waals surface area contributed by atoms with Crippen molar-refractivity contribution in [2.45, 2.75) is 6.17 Å². The molecule has 2 N–H and O–H groups in total. The molecule has 0 saturated carbocycles. The number of hydrogen-bond acceptors (Lipinski definition) is 5. The molecule has 1 aliphatic rings. The first-order chi connectivity index (χ1) is 7.93. The number of nitrogens with zero attached hydrogens (tertiary/aromatic N) is 2. The molecule has 1 aliphatic heterocycles. The van der Waals surface area contributed by atoms with Gasteiger partial charge < -0.3 is 25.0 Å². The number of aliphatic carboxylic acids is 1. The lowest BCUT2D eigenvalue weighted by molar-refractivity contribution is -0.901. The maximum atomic E-state index is 11.3. The van der Waals surface area contributed by atoms with Gasteiger partial charge in [-0.2, -0.15) is 0 Å². The zero-order valence-corrected chi connectivity index (χ0v) is 11.0. The second kappa shape index (κ2) is 6.30. The Morgan fingerprint density at radius 2 is 1.59 bits per heavy atom. The van der Waals surface area contributed by atoms with E-state index in [1.807, 2.05) is 26.0 Å². The van der Waals surface area contributed by atoms with Gasteiger partial charge in [0, 0.05) is 39.3 Å². The lowest BCUT2D eigenvalue weighted by Crippen LogP contribution is -2.64. The Morgan fingerprint density at radius 3 is 1.94 bits per heavy atom. The second-order valence-electron chi connectivity index (χ2n) is 5.34. The minimum Gasteiger partial charge on any atom is -0.543 e. The van der Waals surface area contributed by atoms with Crippen molar-refractivity contribution in [1.82, 2.24) is 15.5 Å². The quantitative estimate of drug-likeness (QED) is 0.527. The Bertz CT molecular complexity index is 242. The van der Waals surface area contributed by atoms with Gasteiger partial charge in [-0.25, -0.2) is 4.90 Å². The average Bonchev–Trinajstić information content (AvgIpc) is 2.29. The van der Waals surface area contributed by atoms with Crippen LogP contribution in [0.15, 0.2) is 0 Å². The van der Waals surface area contributed by atoms with Crippen molar-refractivity contribution in [3.8, 4) is 0 Å². The van der Waals surface area contributed by atoms with E-state index < -0.39 is 12.1 Å². The summed E-state index contributed by atoms with van der Waals surface area (Å²) in [7, 11) is 5.65. The standard InChI is InChI=1S/C11H24N4O2/c1-15(2,3)10(11(16)17)14-8-6-12-4-5-13-7-9-14/h10,12-13H,4-9H2,1-3H3. The smallest absolute Gasteiger partial charge is 0.185 e. The molecule has 1 saturated heterocycles. The first kappa shape index (κ1) is 14.4. The summed E-state index contributed by atoms with van der Waals surface area (Å²) in [5.74, 6) is -1.00. The Labute approximate surface area is 103 Å². The van der Waals surface area contributed by atoms with Crippen molar-refractivity contribution in [2.24, 2.45) is 0 Å². The number of quaternary nitrogens is 1. The number of likely N-dealkylation sites (N-methyl/N-ethyl adjacent to an activating group) is 1. The molecule has 0 bridgehead atoms.